The number of hydrogen-bond donors (Lipinski definition) is 1. The monoisotopic (exact) mass is 464 g/mol. The van der Waals surface area contributed by atoms with E-state index in [-0.39, 0.29) is 0 Å². The predicted molar refractivity (Wildman–Crippen MR) is 126 cm³/mol. The summed E-state index contributed by atoms with van der Waals surface area (Å²) >= 11 is 3.67. The first-order valence-electron chi connectivity index (χ1n) is 10.7. The second-order valence-electron chi connectivity index (χ2n) is 7.96. The summed E-state index contributed by atoms with van der Waals surface area (Å²) in [7, 11) is 0. The van der Waals surface area contributed by atoms with E-state index in [0.717, 1.165) is 36.4 Å². The van der Waals surface area contributed by atoms with Crippen LogP contribution in [0.3, 0.4) is 0 Å². The molecule has 1 aliphatic heterocycles. The van der Waals surface area contributed by atoms with Crippen molar-refractivity contribution in [2.45, 2.75) is 38.6 Å². The van der Waals surface area contributed by atoms with E-state index < -0.39 is 0 Å². The predicted octanol–water partition coefficient (Wildman–Crippen LogP) is 5.78. The number of piperidine rings is 1. The van der Waals surface area contributed by atoms with E-state index in [1.807, 2.05) is 18.2 Å². The Morgan fingerprint density at radius 3 is 2.17 bits per heavy atom. The molecule has 0 saturated carbocycles. The summed E-state index contributed by atoms with van der Waals surface area (Å²) in [5.41, 5.74) is 3.86. The highest BCUT2D eigenvalue weighted by atomic mass is 79.9. The van der Waals surface area contributed by atoms with E-state index >= 15 is 0 Å². The summed E-state index contributed by atoms with van der Waals surface area (Å²) in [6, 6.07) is 28.0. The van der Waals surface area contributed by atoms with E-state index in [9.17, 15) is 0 Å². The van der Waals surface area contributed by atoms with Gasteiger partial charge < -0.3 is 10.1 Å². The second-order valence-corrected chi connectivity index (χ2v) is 8.81. The van der Waals surface area contributed by atoms with Crippen molar-refractivity contribution in [2.24, 2.45) is 0 Å². The number of benzene rings is 3. The van der Waals surface area contributed by atoms with Gasteiger partial charge in [0.05, 0.1) is 4.47 Å². The Bertz CT molecular complexity index is 909. The normalized spacial score (nSPS) is 15.2. The van der Waals surface area contributed by atoms with Crippen molar-refractivity contribution in [3.8, 4) is 5.75 Å². The second kappa shape index (κ2) is 10.8. The topological polar surface area (TPSA) is 24.5 Å². The number of hydrogen-bond acceptors (Lipinski definition) is 3. The van der Waals surface area contributed by atoms with Gasteiger partial charge in [-0.15, -0.1) is 0 Å². The van der Waals surface area contributed by atoms with Crippen LogP contribution in [0.15, 0.2) is 83.3 Å². The third-order valence-corrected chi connectivity index (χ3v) is 6.28. The first-order valence-corrected chi connectivity index (χ1v) is 11.5. The standard InChI is InChI=1S/C26H29BrN2O/c27-25-17-23(11-12-26(25)30-20-22-9-5-2-6-10-22)18-28-24-13-15-29(16-14-24)19-21-7-3-1-4-8-21/h1-12,17,24,28H,13-16,18-20H2. The van der Waals surface area contributed by atoms with Crippen molar-refractivity contribution in [1.29, 1.82) is 0 Å². The summed E-state index contributed by atoms with van der Waals surface area (Å²) in [4.78, 5) is 2.56. The molecule has 0 aromatic heterocycles. The highest BCUT2D eigenvalue weighted by Crippen LogP contribution is 2.27. The van der Waals surface area contributed by atoms with Crippen LogP contribution in [0.4, 0.5) is 0 Å². The molecule has 156 valence electrons. The lowest BCUT2D eigenvalue weighted by molar-refractivity contribution is 0.190. The lowest BCUT2D eigenvalue weighted by atomic mass is 10.0. The van der Waals surface area contributed by atoms with Crippen LogP contribution in [0.2, 0.25) is 0 Å². The summed E-state index contributed by atoms with van der Waals surface area (Å²) in [5.74, 6) is 0.886. The fourth-order valence-electron chi connectivity index (χ4n) is 3.91. The summed E-state index contributed by atoms with van der Waals surface area (Å²) < 4.78 is 6.97. The Balaban J connectivity index is 1.21. The van der Waals surface area contributed by atoms with Crippen molar-refractivity contribution in [1.82, 2.24) is 10.2 Å². The molecule has 4 heteroatoms. The molecule has 0 unspecified atom stereocenters. The van der Waals surface area contributed by atoms with Gasteiger partial charge in [-0.1, -0.05) is 66.7 Å². The zero-order valence-electron chi connectivity index (χ0n) is 17.3. The third kappa shape index (κ3) is 6.18. The van der Waals surface area contributed by atoms with Gasteiger partial charge in [-0.25, -0.2) is 0 Å². The van der Waals surface area contributed by atoms with Crippen LogP contribution in [0.1, 0.15) is 29.5 Å². The van der Waals surface area contributed by atoms with Crippen LogP contribution < -0.4 is 10.1 Å². The Hall–Kier alpha value is -2.14. The fraction of sp³-hybridized carbons (Fsp3) is 0.308. The van der Waals surface area contributed by atoms with Crippen LogP contribution in [0.5, 0.6) is 5.75 Å². The minimum Gasteiger partial charge on any atom is -0.488 e. The van der Waals surface area contributed by atoms with E-state index in [1.165, 1.54) is 29.5 Å². The third-order valence-electron chi connectivity index (χ3n) is 5.66. The van der Waals surface area contributed by atoms with Gasteiger partial charge in [-0.05, 0) is 70.7 Å². The molecular weight excluding hydrogens is 436 g/mol. The average Bonchev–Trinajstić information content (AvgIpc) is 2.79. The first-order chi connectivity index (χ1) is 14.8. The molecule has 0 aliphatic carbocycles. The molecule has 4 rings (SSSR count). The maximum Gasteiger partial charge on any atom is 0.134 e. The van der Waals surface area contributed by atoms with Crippen LogP contribution in [0, 0.1) is 0 Å². The summed E-state index contributed by atoms with van der Waals surface area (Å²) in [6.07, 6.45) is 2.40. The number of nitrogens with one attached hydrogen (secondary N) is 1. The molecule has 0 amide bonds. The lowest BCUT2D eigenvalue weighted by Crippen LogP contribution is -2.41. The molecule has 1 aliphatic rings. The van der Waals surface area contributed by atoms with Gasteiger partial charge >= 0.3 is 0 Å². The Kier molecular flexibility index (Phi) is 7.57. The first kappa shape index (κ1) is 21.1. The zero-order chi connectivity index (χ0) is 20.6. The summed E-state index contributed by atoms with van der Waals surface area (Å²) in [5, 5.41) is 3.74. The van der Waals surface area contributed by atoms with Gasteiger partial charge in [0.25, 0.3) is 0 Å². The number of halogens is 1. The lowest BCUT2D eigenvalue weighted by Gasteiger charge is -2.32. The molecular formula is C26H29BrN2O. The van der Waals surface area contributed by atoms with Crippen molar-refractivity contribution in [3.05, 3.63) is 100 Å². The van der Waals surface area contributed by atoms with Crippen LogP contribution in [0.25, 0.3) is 0 Å². The Morgan fingerprint density at radius 2 is 1.50 bits per heavy atom. The highest BCUT2D eigenvalue weighted by molar-refractivity contribution is 9.10. The molecule has 30 heavy (non-hydrogen) atoms. The maximum atomic E-state index is 5.96. The number of nitrogens with zero attached hydrogens (tertiary/aromatic N) is 1. The van der Waals surface area contributed by atoms with Gasteiger partial charge in [0, 0.05) is 19.1 Å². The van der Waals surface area contributed by atoms with Gasteiger partial charge in [0.1, 0.15) is 12.4 Å². The molecule has 1 saturated heterocycles. The Labute approximate surface area is 188 Å². The summed E-state index contributed by atoms with van der Waals surface area (Å²) in [6.45, 7) is 4.84. The van der Waals surface area contributed by atoms with E-state index in [4.69, 9.17) is 4.74 Å². The molecule has 1 N–H and O–H groups in total. The molecule has 3 nitrogen and oxygen atoms in total. The molecule has 0 atom stereocenters. The smallest absolute Gasteiger partial charge is 0.134 e. The van der Waals surface area contributed by atoms with E-state index in [2.05, 4.69) is 86.8 Å². The molecule has 0 bridgehead atoms. The number of likely N-dealkylation sites (tertiary alicyclic amines) is 1. The van der Waals surface area contributed by atoms with Gasteiger partial charge in [0.15, 0.2) is 0 Å². The average molecular weight is 465 g/mol. The van der Waals surface area contributed by atoms with Crippen molar-refractivity contribution in [3.63, 3.8) is 0 Å². The minimum atomic E-state index is 0.582. The maximum absolute atomic E-state index is 5.96. The molecule has 1 fully saturated rings. The molecule has 3 aromatic rings. The zero-order valence-corrected chi connectivity index (χ0v) is 18.9. The number of ether oxygens (including phenoxy) is 1. The van der Waals surface area contributed by atoms with E-state index in [0.29, 0.717) is 12.6 Å². The quantitative estimate of drug-likeness (QED) is 0.456. The van der Waals surface area contributed by atoms with Crippen LogP contribution in [-0.4, -0.2) is 24.0 Å². The molecule has 0 radical (unpaired) electrons. The van der Waals surface area contributed by atoms with Gasteiger partial charge in [-0.2, -0.15) is 0 Å². The van der Waals surface area contributed by atoms with Crippen LogP contribution in [-0.2, 0) is 19.7 Å². The van der Waals surface area contributed by atoms with Crippen LogP contribution >= 0.6 is 15.9 Å². The van der Waals surface area contributed by atoms with E-state index in [1.54, 1.807) is 0 Å². The molecule has 1 heterocycles. The SMILES string of the molecule is Brc1cc(CNC2CCN(Cc3ccccc3)CC2)ccc1OCc1ccccc1. The fourth-order valence-corrected chi connectivity index (χ4v) is 4.45. The number of rotatable bonds is 8. The molecule has 0 spiro atoms. The van der Waals surface area contributed by atoms with Crippen molar-refractivity contribution in [2.75, 3.05) is 13.1 Å². The molecule has 3 aromatic carbocycles. The Morgan fingerprint density at radius 1 is 0.833 bits per heavy atom. The minimum absolute atomic E-state index is 0.582. The van der Waals surface area contributed by atoms with Crippen molar-refractivity contribution >= 4 is 15.9 Å². The van der Waals surface area contributed by atoms with Gasteiger partial charge in [-0.3, -0.25) is 4.90 Å². The van der Waals surface area contributed by atoms with Gasteiger partial charge in [0.2, 0.25) is 0 Å². The highest BCUT2D eigenvalue weighted by Gasteiger charge is 2.18. The largest absolute Gasteiger partial charge is 0.488 e. The van der Waals surface area contributed by atoms with Crippen molar-refractivity contribution < 1.29 is 4.74 Å².